The first kappa shape index (κ1) is 16.7. The van der Waals surface area contributed by atoms with Gasteiger partial charge in [0.25, 0.3) is 0 Å². The molecule has 0 amide bonds. The van der Waals surface area contributed by atoms with Crippen LogP contribution in [0.1, 0.15) is 19.4 Å². The average molecular weight is 496 g/mol. The Labute approximate surface area is 134 Å². The Balaban J connectivity index is 2.98. The normalized spacial score (nSPS) is 11.8. The van der Waals surface area contributed by atoms with Crippen molar-refractivity contribution in [3.63, 3.8) is 0 Å². The second-order valence-electron chi connectivity index (χ2n) is 3.51. The second-order valence-corrected chi connectivity index (χ2v) is 7.89. The van der Waals surface area contributed by atoms with Gasteiger partial charge in [-0.1, -0.05) is 0 Å². The Kier molecular flexibility index (Phi) is 6.88. The first-order valence-corrected chi connectivity index (χ1v) is 9.35. The SMILES string of the molecule is CCOP(=O)(Cc1cc(I)c(O)c(I)c1)OCC. The molecule has 0 aliphatic carbocycles. The third-order valence-electron chi connectivity index (χ3n) is 2.10. The minimum atomic E-state index is -3.08. The Morgan fingerprint density at radius 2 is 1.61 bits per heavy atom. The lowest BCUT2D eigenvalue weighted by molar-refractivity contribution is 0.219. The van der Waals surface area contributed by atoms with Crippen LogP contribution in [0.25, 0.3) is 0 Å². The van der Waals surface area contributed by atoms with Gasteiger partial charge in [-0.05, 0) is 76.7 Å². The van der Waals surface area contributed by atoms with E-state index in [9.17, 15) is 9.67 Å². The van der Waals surface area contributed by atoms with E-state index >= 15 is 0 Å². The smallest absolute Gasteiger partial charge is 0.335 e. The van der Waals surface area contributed by atoms with E-state index in [1.54, 1.807) is 26.0 Å². The molecule has 0 unspecified atom stereocenters. The van der Waals surface area contributed by atoms with Gasteiger partial charge in [-0.3, -0.25) is 4.57 Å². The first-order valence-electron chi connectivity index (χ1n) is 5.47. The van der Waals surface area contributed by atoms with Crippen molar-refractivity contribution >= 4 is 52.8 Å². The molecule has 4 nitrogen and oxygen atoms in total. The van der Waals surface area contributed by atoms with Gasteiger partial charge in [-0.25, -0.2) is 0 Å². The number of halogens is 2. The van der Waals surface area contributed by atoms with Crippen LogP contribution in [-0.2, 0) is 19.8 Å². The van der Waals surface area contributed by atoms with Gasteiger partial charge >= 0.3 is 7.60 Å². The quantitative estimate of drug-likeness (QED) is 0.470. The summed E-state index contributed by atoms with van der Waals surface area (Å²) in [6.45, 7) is 4.28. The molecule has 7 heteroatoms. The number of phenolic OH excluding ortho intramolecular Hbond substituents is 1. The van der Waals surface area contributed by atoms with E-state index in [2.05, 4.69) is 0 Å². The maximum Gasteiger partial charge on any atom is 0.335 e. The fourth-order valence-corrected chi connectivity index (χ4v) is 5.03. The standard InChI is InChI=1S/C11H15I2O4P/c1-3-16-18(15,17-4-2)7-8-5-9(12)11(14)10(13)6-8/h5-6,14H,3-4,7H2,1-2H3. The summed E-state index contributed by atoms with van der Waals surface area (Å²) in [4.78, 5) is 0. The van der Waals surface area contributed by atoms with Crippen LogP contribution in [0.4, 0.5) is 0 Å². The number of benzene rings is 1. The van der Waals surface area contributed by atoms with Crippen molar-refractivity contribution in [3.8, 4) is 5.75 Å². The fourth-order valence-electron chi connectivity index (χ4n) is 1.45. The minimum Gasteiger partial charge on any atom is -0.506 e. The summed E-state index contributed by atoms with van der Waals surface area (Å²) in [5.41, 5.74) is 0.840. The Hall–Kier alpha value is 0.630. The van der Waals surface area contributed by atoms with Gasteiger partial charge in [0.1, 0.15) is 5.75 Å². The van der Waals surface area contributed by atoms with E-state index in [-0.39, 0.29) is 11.9 Å². The molecule has 1 aromatic rings. The average Bonchev–Trinajstić information content (AvgIpc) is 2.26. The first-order chi connectivity index (χ1) is 8.41. The Bertz CT molecular complexity index is 431. The zero-order chi connectivity index (χ0) is 13.8. The van der Waals surface area contributed by atoms with E-state index in [4.69, 9.17) is 9.05 Å². The molecule has 0 heterocycles. The summed E-state index contributed by atoms with van der Waals surface area (Å²) in [6.07, 6.45) is 0.223. The fraction of sp³-hybridized carbons (Fsp3) is 0.455. The predicted octanol–water partition coefficient (Wildman–Crippen LogP) is 4.37. The summed E-state index contributed by atoms with van der Waals surface area (Å²) in [7, 11) is -3.08. The lowest BCUT2D eigenvalue weighted by Crippen LogP contribution is -2.00. The van der Waals surface area contributed by atoms with E-state index in [1.807, 2.05) is 45.2 Å². The van der Waals surface area contributed by atoms with E-state index in [0.29, 0.717) is 13.2 Å². The van der Waals surface area contributed by atoms with Gasteiger partial charge in [0.15, 0.2) is 0 Å². The van der Waals surface area contributed by atoms with Crippen molar-refractivity contribution < 1.29 is 18.7 Å². The van der Waals surface area contributed by atoms with Crippen LogP contribution >= 0.6 is 52.8 Å². The zero-order valence-electron chi connectivity index (χ0n) is 10.2. The molecule has 1 N–H and O–H groups in total. The van der Waals surface area contributed by atoms with E-state index in [0.717, 1.165) is 12.7 Å². The van der Waals surface area contributed by atoms with Crippen molar-refractivity contribution in [1.82, 2.24) is 0 Å². The number of hydrogen-bond acceptors (Lipinski definition) is 4. The molecule has 0 aliphatic rings. The third-order valence-corrected chi connectivity index (χ3v) is 5.80. The maximum atomic E-state index is 12.4. The highest BCUT2D eigenvalue weighted by molar-refractivity contribution is 14.1. The van der Waals surface area contributed by atoms with Gasteiger partial charge in [0.2, 0.25) is 0 Å². The van der Waals surface area contributed by atoms with Gasteiger partial charge in [0, 0.05) is 0 Å². The molecule has 0 saturated carbocycles. The van der Waals surface area contributed by atoms with Crippen LogP contribution in [0.2, 0.25) is 0 Å². The van der Waals surface area contributed by atoms with Crippen molar-refractivity contribution in [1.29, 1.82) is 0 Å². The van der Waals surface area contributed by atoms with Crippen molar-refractivity contribution in [2.45, 2.75) is 20.0 Å². The third kappa shape index (κ3) is 4.63. The molecule has 18 heavy (non-hydrogen) atoms. The highest BCUT2D eigenvalue weighted by Crippen LogP contribution is 2.51. The van der Waals surface area contributed by atoms with Gasteiger partial charge in [-0.2, -0.15) is 0 Å². The lowest BCUT2D eigenvalue weighted by Gasteiger charge is -2.17. The largest absolute Gasteiger partial charge is 0.506 e. The van der Waals surface area contributed by atoms with Crippen LogP contribution in [-0.4, -0.2) is 18.3 Å². The molecular weight excluding hydrogens is 481 g/mol. The molecule has 0 bridgehead atoms. The van der Waals surface area contributed by atoms with E-state index < -0.39 is 7.60 Å². The highest BCUT2D eigenvalue weighted by atomic mass is 127. The molecule has 0 radical (unpaired) electrons. The molecule has 0 aliphatic heterocycles. The molecule has 1 rings (SSSR count). The Morgan fingerprint density at radius 1 is 1.17 bits per heavy atom. The van der Waals surface area contributed by atoms with Crippen LogP contribution in [0.5, 0.6) is 5.75 Å². The van der Waals surface area contributed by atoms with Crippen molar-refractivity contribution in [3.05, 3.63) is 24.8 Å². The lowest BCUT2D eigenvalue weighted by atomic mass is 10.2. The van der Waals surface area contributed by atoms with Gasteiger partial charge < -0.3 is 14.2 Å². The summed E-state index contributed by atoms with van der Waals surface area (Å²) >= 11 is 4.09. The molecule has 102 valence electrons. The highest BCUT2D eigenvalue weighted by Gasteiger charge is 2.24. The molecule has 0 fully saturated rings. The topological polar surface area (TPSA) is 55.8 Å². The zero-order valence-corrected chi connectivity index (χ0v) is 15.4. The molecule has 0 saturated heterocycles. The monoisotopic (exact) mass is 496 g/mol. The number of aromatic hydroxyl groups is 1. The molecule has 0 aromatic heterocycles. The summed E-state index contributed by atoms with van der Waals surface area (Å²) in [5.74, 6) is 0.252. The number of hydrogen-bond donors (Lipinski definition) is 1. The Morgan fingerprint density at radius 3 is 2.00 bits per heavy atom. The second kappa shape index (κ2) is 7.42. The molecule has 0 atom stereocenters. The van der Waals surface area contributed by atoms with Gasteiger partial charge in [-0.15, -0.1) is 0 Å². The van der Waals surface area contributed by atoms with Crippen LogP contribution in [0.3, 0.4) is 0 Å². The van der Waals surface area contributed by atoms with Crippen LogP contribution in [0, 0.1) is 7.14 Å². The summed E-state index contributed by atoms with van der Waals surface area (Å²) in [6, 6.07) is 3.59. The minimum absolute atomic E-state index is 0.223. The molecule has 0 spiro atoms. The van der Waals surface area contributed by atoms with Crippen LogP contribution in [0.15, 0.2) is 12.1 Å². The molecular formula is C11H15I2O4P. The van der Waals surface area contributed by atoms with Crippen molar-refractivity contribution in [2.24, 2.45) is 0 Å². The van der Waals surface area contributed by atoms with E-state index in [1.165, 1.54) is 0 Å². The summed E-state index contributed by atoms with van der Waals surface area (Å²) < 4.78 is 24.3. The maximum absolute atomic E-state index is 12.4. The van der Waals surface area contributed by atoms with Gasteiger partial charge in [0.05, 0.1) is 26.5 Å². The van der Waals surface area contributed by atoms with Crippen LogP contribution < -0.4 is 0 Å². The molecule has 1 aromatic carbocycles. The predicted molar refractivity (Wildman–Crippen MR) is 88.1 cm³/mol. The summed E-state index contributed by atoms with van der Waals surface area (Å²) in [5, 5.41) is 9.69. The van der Waals surface area contributed by atoms with Crippen molar-refractivity contribution in [2.75, 3.05) is 13.2 Å². The number of rotatable bonds is 6. The number of phenols is 1.